The van der Waals surface area contributed by atoms with E-state index in [4.69, 9.17) is 14.2 Å². The van der Waals surface area contributed by atoms with Crippen molar-refractivity contribution in [2.24, 2.45) is 0 Å². The van der Waals surface area contributed by atoms with Crippen molar-refractivity contribution in [2.45, 2.75) is 6.61 Å². The van der Waals surface area contributed by atoms with Crippen LogP contribution in [0, 0.1) is 0 Å². The van der Waals surface area contributed by atoms with Crippen LogP contribution in [-0.4, -0.2) is 17.7 Å². The predicted molar refractivity (Wildman–Crippen MR) is 81.3 cm³/mol. The number of benzene rings is 1. The lowest BCUT2D eigenvalue weighted by Crippen LogP contribution is -2.06. The topological polar surface area (TPSA) is 57.7 Å². The van der Waals surface area contributed by atoms with Crippen molar-refractivity contribution < 1.29 is 19.0 Å². The summed E-state index contributed by atoms with van der Waals surface area (Å²) in [6, 6.07) is 5.25. The third-order valence-electron chi connectivity index (χ3n) is 2.84. The summed E-state index contributed by atoms with van der Waals surface area (Å²) in [5.74, 6) is 0.884. The highest BCUT2D eigenvalue weighted by molar-refractivity contribution is 9.10. The van der Waals surface area contributed by atoms with Crippen molar-refractivity contribution in [3.63, 3.8) is 0 Å². The number of fused-ring (bicyclic) bond motifs is 1. The maximum absolute atomic E-state index is 12.0. The molecule has 0 radical (unpaired) electrons. The largest absolute Gasteiger partial charge is 0.457 e. The zero-order valence-electron chi connectivity index (χ0n) is 10.6. The fourth-order valence-corrected chi connectivity index (χ4v) is 2.62. The van der Waals surface area contributed by atoms with Gasteiger partial charge in [-0.1, -0.05) is 15.9 Å². The van der Waals surface area contributed by atoms with Gasteiger partial charge in [-0.3, -0.25) is 4.98 Å². The smallest absolute Gasteiger partial charge is 0.340 e. The van der Waals surface area contributed by atoms with Crippen LogP contribution in [0.5, 0.6) is 11.5 Å². The average molecular weight is 415 g/mol. The van der Waals surface area contributed by atoms with Gasteiger partial charge in [-0.2, -0.15) is 0 Å². The molecule has 108 valence electrons. The first-order valence-corrected chi connectivity index (χ1v) is 7.58. The van der Waals surface area contributed by atoms with E-state index in [-0.39, 0.29) is 13.4 Å². The maximum atomic E-state index is 12.0. The molecule has 0 aliphatic carbocycles. The minimum atomic E-state index is -0.437. The molecule has 3 rings (SSSR count). The van der Waals surface area contributed by atoms with E-state index in [1.54, 1.807) is 24.4 Å². The summed E-state index contributed by atoms with van der Waals surface area (Å²) in [7, 11) is 0. The summed E-state index contributed by atoms with van der Waals surface area (Å²) in [6.45, 7) is 0.331. The van der Waals surface area contributed by atoms with Crippen molar-refractivity contribution in [3.8, 4) is 11.5 Å². The van der Waals surface area contributed by atoms with Crippen molar-refractivity contribution in [2.75, 3.05) is 6.79 Å². The molecule has 1 aromatic carbocycles. The molecule has 0 unspecified atom stereocenters. The second-order valence-corrected chi connectivity index (χ2v) is 6.03. The van der Waals surface area contributed by atoms with Gasteiger partial charge in [0.05, 0.1) is 5.56 Å². The quantitative estimate of drug-likeness (QED) is 0.717. The number of hydrogen-bond acceptors (Lipinski definition) is 5. The number of ether oxygens (including phenoxy) is 3. The minimum Gasteiger partial charge on any atom is -0.457 e. The summed E-state index contributed by atoms with van der Waals surface area (Å²) in [4.78, 5) is 15.9. The lowest BCUT2D eigenvalue weighted by molar-refractivity contribution is 0.0471. The zero-order chi connectivity index (χ0) is 14.8. The molecule has 0 amide bonds. The van der Waals surface area contributed by atoms with Crippen LogP contribution in [0.2, 0.25) is 0 Å². The van der Waals surface area contributed by atoms with Crippen molar-refractivity contribution >= 4 is 37.8 Å². The number of nitrogens with zero attached hydrogens (tertiary/aromatic N) is 1. The van der Waals surface area contributed by atoms with Gasteiger partial charge in [-0.15, -0.1) is 0 Å². The Kier molecular flexibility index (Phi) is 4.12. The zero-order valence-corrected chi connectivity index (χ0v) is 13.8. The number of esters is 1. The number of halogens is 2. The van der Waals surface area contributed by atoms with Gasteiger partial charge in [0.15, 0.2) is 11.5 Å². The van der Waals surface area contributed by atoms with Gasteiger partial charge in [0, 0.05) is 26.9 Å². The SMILES string of the molecule is O=C(OCc1cc2c(cc1Br)OCO2)c1cncc(Br)c1. The van der Waals surface area contributed by atoms with E-state index >= 15 is 0 Å². The normalized spacial score (nSPS) is 12.3. The van der Waals surface area contributed by atoms with Crippen LogP contribution < -0.4 is 9.47 Å². The molecule has 2 heterocycles. The number of carbonyl (C=O) groups excluding carboxylic acids is 1. The highest BCUT2D eigenvalue weighted by Crippen LogP contribution is 2.37. The molecule has 1 aliphatic rings. The second-order valence-electron chi connectivity index (χ2n) is 4.26. The van der Waals surface area contributed by atoms with Crippen LogP contribution in [0.1, 0.15) is 15.9 Å². The highest BCUT2D eigenvalue weighted by Gasteiger charge is 2.17. The molecule has 7 heteroatoms. The third-order valence-corrected chi connectivity index (χ3v) is 4.01. The fraction of sp³-hybridized carbons (Fsp3) is 0.143. The summed E-state index contributed by atoms with van der Waals surface area (Å²) >= 11 is 6.68. The predicted octanol–water partition coefficient (Wildman–Crippen LogP) is 3.69. The van der Waals surface area contributed by atoms with Crippen molar-refractivity contribution in [1.82, 2.24) is 4.98 Å². The molecule has 0 spiro atoms. The molecule has 0 N–H and O–H groups in total. The van der Waals surface area contributed by atoms with Gasteiger partial charge in [-0.25, -0.2) is 4.79 Å². The van der Waals surface area contributed by atoms with Crippen LogP contribution in [0.3, 0.4) is 0 Å². The Morgan fingerprint density at radius 1 is 1.19 bits per heavy atom. The summed E-state index contributed by atoms with van der Waals surface area (Å²) in [5.41, 5.74) is 1.19. The van der Waals surface area contributed by atoms with Gasteiger partial charge in [0.2, 0.25) is 6.79 Å². The molecular weight excluding hydrogens is 406 g/mol. The molecule has 5 nitrogen and oxygen atoms in total. The summed E-state index contributed by atoms with van der Waals surface area (Å²) in [5, 5.41) is 0. The molecule has 0 saturated carbocycles. The van der Waals surface area contributed by atoms with Crippen LogP contribution >= 0.6 is 31.9 Å². The first-order valence-electron chi connectivity index (χ1n) is 5.99. The van der Waals surface area contributed by atoms with E-state index in [1.165, 1.54) is 6.20 Å². The number of carbonyl (C=O) groups is 1. The first kappa shape index (κ1) is 14.3. The monoisotopic (exact) mass is 413 g/mol. The Hall–Kier alpha value is -1.60. The molecule has 0 fully saturated rings. The number of rotatable bonds is 3. The lowest BCUT2D eigenvalue weighted by atomic mass is 10.2. The first-order chi connectivity index (χ1) is 10.1. The Labute approximate surface area is 137 Å². The Morgan fingerprint density at radius 2 is 1.95 bits per heavy atom. The molecule has 21 heavy (non-hydrogen) atoms. The van der Waals surface area contributed by atoms with E-state index in [1.807, 2.05) is 0 Å². The summed E-state index contributed by atoms with van der Waals surface area (Å²) < 4.78 is 17.4. The third kappa shape index (κ3) is 3.19. The molecule has 0 saturated heterocycles. The van der Waals surface area contributed by atoms with Gasteiger partial charge in [-0.05, 0) is 34.1 Å². The lowest BCUT2D eigenvalue weighted by Gasteiger charge is -2.08. The van der Waals surface area contributed by atoms with Crippen molar-refractivity contribution in [3.05, 3.63) is 50.7 Å². The van der Waals surface area contributed by atoms with Crippen molar-refractivity contribution in [1.29, 1.82) is 0 Å². The van der Waals surface area contributed by atoms with E-state index in [9.17, 15) is 4.79 Å². The van der Waals surface area contributed by atoms with Crippen LogP contribution in [-0.2, 0) is 11.3 Å². The molecule has 0 atom stereocenters. The minimum absolute atomic E-state index is 0.128. The summed E-state index contributed by atoms with van der Waals surface area (Å²) in [6.07, 6.45) is 3.06. The highest BCUT2D eigenvalue weighted by atomic mass is 79.9. The van der Waals surface area contributed by atoms with Crippen LogP contribution in [0.25, 0.3) is 0 Å². The Bertz CT molecular complexity index is 705. The van der Waals surface area contributed by atoms with Gasteiger partial charge in [0.1, 0.15) is 6.61 Å². The molecule has 0 bridgehead atoms. The molecule has 1 aromatic heterocycles. The van der Waals surface area contributed by atoms with Gasteiger partial charge in [0.25, 0.3) is 0 Å². The second kappa shape index (κ2) is 6.03. The average Bonchev–Trinajstić information content (AvgIpc) is 2.91. The molecule has 2 aromatic rings. The van der Waals surface area contributed by atoms with Crippen LogP contribution in [0.15, 0.2) is 39.5 Å². The number of pyridine rings is 1. The number of hydrogen-bond donors (Lipinski definition) is 0. The van der Waals surface area contributed by atoms with Gasteiger partial charge < -0.3 is 14.2 Å². The van der Waals surface area contributed by atoms with Crippen LogP contribution in [0.4, 0.5) is 0 Å². The Morgan fingerprint density at radius 3 is 2.71 bits per heavy atom. The standard InChI is InChI=1S/C14H9Br2NO4/c15-10-1-8(4-17-5-10)14(18)19-6-9-2-12-13(3-11(9)16)21-7-20-12/h1-5H,6-7H2. The fourth-order valence-electron chi connectivity index (χ4n) is 1.82. The maximum Gasteiger partial charge on any atom is 0.340 e. The van der Waals surface area contributed by atoms with E-state index < -0.39 is 5.97 Å². The van der Waals surface area contributed by atoms with E-state index in [2.05, 4.69) is 36.8 Å². The number of aromatic nitrogens is 1. The Balaban J connectivity index is 1.72. The molecule has 1 aliphatic heterocycles. The van der Waals surface area contributed by atoms with E-state index in [0.717, 1.165) is 14.5 Å². The van der Waals surface area contributed by atoms with E-state index in [0.29, 0.717) is 17.1 Å². The van der Waals surface area contributed by atoms with Gasteiger partial charge >= 0.3 is 5.97 Å². The molecular formula is C14H9Br2NO4.